The van der Waals surface area contributed by atoms with Crippen LogP contribution in [0.2, 0.25) is 0 Å². The molecule has 0 radical (unpaired) electrons. The van der Waals surface area contributed by atoms with Crippen LogP contribution in [-0.2, 0) is 16.0 Å². The number of fused-ring (bicyclic) bond motifs is 4. The molecule has 2 atom stereocenters. The van der Waals surface area contributed by atoms with Gasteiger partial charge in [0.2, 0.25) is 0 Å². The van der Waals surface area contributed by atoms with Crippen LogP contribution in [0.3, 0.4) is 0 Å². The molecular formula is C32H32N4O4. The first kappa shape index (κ1) is 25.8. The van der Waals surface area contributed by atoms with E-state index in [-0.39, 0.29) is 17.8 Å². The van der Waals surface area contributed by atoms with Gasteiger partial charge in [0.25, 0.3) is 11.8 Å². The molecule has 1 aromatic heterocycles. The molecule has 1 saturated heterocycles. The Labute approximate surface area is 232 Å². The van der Waals surface area contributed by atoms with Crippen LogP contribution in [0.15, 0.2) is 72.8 Å². The van der Waals surface area contributed by atoms with Gasteiger partial charge in [-0.15, -0.1) is 0 Å². The van der Waals surface area contributed by atoms with Gasteiger partial charge in [0.1, 0.15) is 12.1 Å². The fraction of sp³-hybridized carbons (Fsp3) is 0.281. The first-order valence-electron chi connectivity index (χ1n) is 13.8. The minimum Gasteiger partial charge on any atom is -0.382 e. The number of carbonyl (C=O) groups is 3. The van der Waals surface area contributed by atoms with Gasteiger partial charge in [0.15, 0.2) is 0 Å². The molecule has 2 unspecified atom stereocenters. The summed E-state index contributed by atoms with van der Waals surface area (Å²) in [6.07, 6.45) is 1.16. The third-order valence-corrected chi connectivity index (χ3v) is 7.87. The predicted molar refractivity (Wildman–Crippen MR) is 153 cm³/mol. The summed E-state index contributed by atoms with van der Waals surface area (Å²) in [4.78, 5) is 47.0. The molecule has 0 saturated carbocycles. The van der Waals surface area contributed by atoms with Crippen LogP contribution in [0.4, 0.5) is 10.5 Å². The average Bonchev–Trinajstić information content (AvgIpc) is 3.46. The lowest BCUT2D eigenvalue weighted by Gasteiger charge is -2.36. The van der Waals surface area contributed by atoms with Crippen LogP contribution >= 0.6 is 0 Å². The highest BCUT2D eigenvalue weighted by Crippen LogP contribution is 2.45. The van der Waals surface area contributed by atoms with Crippen molar-refractivity contribution in [2.75, 3.05) is 24.7 Å². The highest BCUT2D eigenvalue weighted by molar-refractivity contribution is 6.22. The number of imide groups is 1. The average molecular weight is 537 g/mol. The van der Waals surface area contributed by atoms with Crippen molar-refractivity contribution in [1.29, 1.82) is 0 Å². The second kappa shape index (κ2) is 10.6. The number of aromatic nitrogens is 1. The number of hydrogen-bond donors (Lipinski definition) is 2. The van der Waals surface area contributed by atoms with Gasteiger partial charge < -0.3 is 15.0 Å². The highest BCUT2D eigenvalue weighted by Gasteiger charge is 2.53. The van der Waals surface area contributed by atoms with Crippen molar-refractivity contribution >= 4 is 34.4 Å². The highest BCUT2D eigenvalue weighted by atomic mass is 16.5. The number of aryl methyl sites for hydroxylation is 1. The van der Waals surface area contributed by atoms with Crippen molar-refractivity contribution in [3.05, 3.63) is 101 Å². The van der Waals surface area contributed by atoms with Crippen LogP contribution in [0.5, 0.6) is 0 Å². The van der Waals surface area contributed by atoms with Crippen molar-refractivity contribution in [3.8, 4) is 0 Å². The van der Waals surface area contributed by atoms with E-state index in [0.717, 1.165) is 39.7 Å². The Hall–Kier alpha value is -4.43. The molecule has 204 valence electrons. The molecule has 2 aliphatic rings. The van der Waals surface area contributed by atoms with E-state index in [1.165, 1.54) is 4.90 Å². The van der Waals surface area contributed by atoms with E-state index < -0.39 is 12.1 Å². The molecule has 0 bridgehead atoms. The van der Waals surface area contributed by atoms with E-state index in [1.807, 2.05) is 56.3 Å². The number of amides is 4. The number of ether oxygens (including phenoxy) is 1. The van der Waals surface area contributed by atoms with Crippen LogP contribution in [0, 0.1) is 6.92 Å². The maximum absolute atomic E-state index is 14.0. The lowest BCUT2D eigenvalue weighted by Crippen LogP contribution is -2.44. The standard InChI is InChI=1S/C32H32N4O4/c1-3-40-18-8-17-33-30(37)21-13-15-22(16-14-21)35-31(38)27-19-25-24-11-6-7-12-26(24)34-28(25)29(36(27)32(35)39)23-10-5-4-9-20(23)2/h4-7,9-16,27,29,34H,3,8,17-19H2,1-2H3,(H,33,37). The minimum atomic E-state index is -0.628. The number of para-hydroxylation sites is 1. The Kier molecular flexibility index (Phi) is 6.86. The zero-order chi connectivity index (χ0) is 27.8. The van der Waals surface area contributed by atoms with Crippen LogP contribution in [-0.4, -0.2) is 53.5 Å². The normalized spacial score (nSPS) is 18.2. The number of urea groups is 1. The van der Waals surface area contributed by atoms with Gasteiger partial charge in [-0.25, -0.2) is 9.69 Å². The molecule has 3 heterocycles. The van der Waals surface area contributed by atoms with Crippen molar-refractivity contribution in [2.45, 2.75) is 38.8 Å². The molecule has 6 rings (SSSR count). The first-order chi connectivity index (χ1) is 19.5. The Bertz CT molecular complexity index is 1590. The minimum absolute atomic E-state index is 0.204. The van der Waals surface area contributed by atoms with Crippen molar-refractivity contribution in [3.63, 3.8) is 0 Å². The summed E-state index contributed by atoms with van der Waals surface area (Å²) in [7, 11) is 0. The van der Waals surface area contributed by atoms with E-state index >= 15 is 0 Å². The van der Waals surface area contributed by atoms with Gasteiger partial charge in [-0.3, -0.25) is 14.5 Å². The number of carbonyl (C=O) groups excluding carboxylic acids is 3. The van der Waals surface area contributed by atoms with Gasteiger partial charge >= 0.3 is 6.03 Å². The summed E-state index contributed by atoms with van der Waals surface area (Å²) in [5.41, 5.74) is 5.98. The quantitative estimate of drug-likeness (QED) is 0.242. The van der Waals surface area contributed by atoms with Crippen molar-refractivity contribution < 1.29 is 19.1 Å². The lowest BCUT2D eigenvalue weighted by atomic mass is 9.87. The number of benzene rings is 3. The number of aromatic amines is 1. The maximum Gasteiger partial charge on any atom is 0.332 e. The summed E-state index contributed by atoms with van der Waals surface area (Å²) in [6.45, 7) is 5.72. The third-order valence-electron chi connectivity index (χ3n) is 7.87. The SMILES string of the molecule is CCOCCCNC(=O)c1ccc(N2C(=O)C3Cc4c([nH]c5ccccc45)C(c4ccccc4C)N3C2=O)cc1. The number of anilines is 1. The lowest BCUT2D eigenvalue weighted by molar-refractivity contribution is -0.120. The maximum atomic E-state index is 14.0. The monoisotopic (exact) mass is 536 g/mol. The number of hydrogen-bond acceptors (Lipinski definition) is 4. The Morgan fingerprint density at radius 2 is 1.77 bits per heavy atom. The molecule has 8 nitrogen and oxygen atoms in total. The summed E-state index contributed by atoms with van der Waals surface area (Å²) >= 11 is 0. The zero-order valence-corrected chi connectivity index (χ0v) is 22.6. The Morgan fingerprint density at radius 1 is 1.02 bits per heavy atom. The predicted octanol–water partition coefficient (Wildman–Crippen LogP) is 5.12. The molecular weight excluding hydrogens is 504 g/mol. The number of H-pyrrole nitrogens is 1. The second-order valence-electron chi connectivity index (χ2n) is 10.3. The van der Waals surface area contributed by atoms with Crippen LogP contribution in [0.25, 0.3) is 10.9 Å². The zero-order valence-electron chi connectivity index (χ0n) is 22.6. The molecule has 1 fully saturated rings. The number of nitrogens with one attached hydrogen (secondary N) is 2. The second-order valence-corrected chi connectivity index (χ2v) is 10.3. The van der Waals surface area contributed by atoms with Crippen LogP contribution in [0.1, 0.15) is 52.1 Å². The topological polar surface area (TPSA) is 94.7 Å². The summed E-state index contributed by atoms with van der Waals surface area (Å²) < 4.78 is 5.31. The van der Waals surface area contributed by atoms with Crippen molar-refractivity contribution in [2.24, 2.45) is 0 Å². The molecule has 40 heavy (non-hydrogen) atoms. The smallest absolute Gasteiger partial charge is 0.332 e. The van der Waals surface area contributed by atoms with Gasteiger partial charge in [0.05, 0.1) is 5.69 Å². The van der Waals surface area contributed by atoms with Gasteiger partial charge in [0, 0.05) is 48.3 Å². The molecule has 4 aromatic rings. The van der Waals surface area contributed by atoms with E-state index in [1.54, 1.807) is 29.2 Å². The number of rotatable bonds is 8. The molecule has 8 heteroatoms. The molecule has 0 aliphatic carbocycles. The number of nitrogens with zero attached hydrogens (tertiary/aromatic N) is 2. The van der Waals surface area contributed by atoms with Gasteiger partial charge in [-0.1, -0.05) is 42.5 Å². The fourth-order valence-corrected chi connectivity index (χ4v) is 5.91. The van der Waals surface area contributed by atoms with E-state index in [0.29, 0.717) is 37.4 Å². The van der Waals surface area contributed by atoms with E-state index in [2.05, 4.69) is 16.4 Å². The van der Waals surface area contributed by atoms with Crippen LogP contribution < -0.4 is 10.2 Å². The summed E-state index contributed by atoms with van der Waals surface area (Å²) in [5.74, 6) is -0.461. The van der Waals surface area contributed by atoms with E-state index in [4.69, 9.17) is 4.74 Å². The van der Waals surface area contributed by atoms with E-state index in [9.17, 15) is 14.4 Å². The van der Waals surface area contributed by atoms with Gasteiger partial charge in [-0.05, 0) is 67.3 Å². The third kappa shape index (κ3) is 4.34. The fourth-order valence-electron chi connectivity index (χ4n) is 5.91. The summed E-state index contributed by atoms with van der Waals surface area (Å²) in [6, 6.07) is 21.3. The van der Waals surface area contributed by atoms with Crippen molar-refractivity contribution in [1.82, 2.24) is 15.2 Å². The Balaban J connectivity index is 1.31. The first-order valence-corrected chi connectivity index (χ1v) is 13.8. The summed E-state index contributed by atoms with van der Waals surface area (Å²) in [5, 5.41) is 3.95. The molecule has 3 aromatic carbocycles. The molecule has 0 spiro atoms. The molecule has 4 amide bonds. The largest absolute Gasteiger partial charge is 0.382 e. The van der Waals surface area contributed by atoms with Gasteiger partial charge in [-0.2, -0.15) is 0 Å². The molecule has 2 N–H and O–H groups in total. The molecule has 2 aliphatic heterocycles. The Morgan fingerprint density at radius 3 is 2.55 bits per heavy atom.